The normalized spacial score (nSPS) is 15.6. The first-order valence-electron chi connectivity index (χ1n) is 11.4. The molecule has 1 aliphatic heterocycles. The van der Waals surface area contributed by atoms with Gasteiger partial charge in [-0.2, -0.15) is 5.10 Å². The van der Waals surface area contributed by atoms with Crippen molar-refractivity contribution in [2.45, 2.75) is 18.8 Å². The fourth-order valence-electron chi connectivity index (χ4n) is 4.33. The Labute approximate surface area is 198 Å². The minimum atomic E-state index is -0.246. The Morgan fingerprint density at radius 3 is 2.50 bits per heavy atom. The standard InChI is InChI=1S/C27H25N5O2/c33-26(22-8-4-14-28-16-22)30-24-17-29-32(19-24)25-12-10-21(11-13-25)27(34)31-15-5-9-23(18-31)20-6-2-1-3-7-20/h1-4,6-8,10-14,16-17,19,23H,5,9,15,18H2,(H,30,33). The number of amides is 2. The van der Waals surface area contributed by atoms with Gasteiger partial charge >= 0.3 is 0 Å². The largest absolute Gasteiger partial charge is 0.338 e. The third kappa shape index (κ3) is 4.73. The van der Waals surface area contributed by atoms with E-state index in [2.05, 4.69) is 39.7 Å². The minimum absolute atomic E-state index is 0.0528. The average Bonchev–Trinajstić information content (AvgIpc) is 3.38. The lowest BCUT2D eigenvalue weighted by Gasteiger charge is -2.33. The molecule has 1 N–H and O–H groups in total. The molecular weight excluding hydrogens is 426 g/mol. The van der Waals surface area contributed by atoms with Crippen LogP contribution in [0.15, 0.2) is 91.5 Å². The Balaban J connectivity index is 1.24. The Kier molecular flexibility index (Phi) is 6.16. The maximum Gasteiger partial charge on any atom is 0.257 e. The van der Waals surface area contributed by atoms with Gasteiger partial charge in [-0.15, -0.1) is 0 Å². The maximum absolute atomic E-state index is 13.1. The van der Waals surface area contributed by atoms with E-state index in [1.807, 2.05) is 35.2 Å². The first-order valence-corrected chi connectivity index (χ1v) is 11.4. The van der Waals surface area contributed by atoms with Gasteiger partial charge in [0.15, 0.2) is 0 Å². The van der Waals surface area contributed by atoms with Gasteiger partial charge < -0.3 is 10.2 Å². The van der Waals surface area contributed by atoms with Gasteiger partial charge in [-0.25, -0.2) is 4.68 Å². The molecule has 1 unspecified atom stereocenters. The first kappa shape index (κ1) is 21.6. The number of hydrogen-bond donors (Lipinski definition) is 1. The lowest BCUT2D eigenvalue weighted by molar-refractivity contribution is 0.0707. The van der Waals surface area contributed by atoms with Gasteiger partial charge in [-0.1, -0.05) is 30.3 Å². The van der Waals surface area contributed by atoms with E-state index >= 15 is 0 Å². The maximum atomic E-state index is 13.1. The molecule has 34 heavy (non-hydrogen) atoms. The van der Waals surface area contributed by atoms with Crippen molar-refractivity contribution in [3.8, 4) is 5.69 Å². The molecule has 0 saturated carbocycles. The molecule has 1 atom stereocenters. The number of nitrogens with one attached hydrogen (secondary N) is 1. The smallest absolute Gasteiger partial charge is 0.257 e. The molecule has 5 rings (SSSR count). The van der Waals surface area contributed by atoms with E-state index in [9.17, 15) is 9.59 Å². The number of anilines is 1. The van der Waals surface area contributed by atoms with Gasteiger partial charge in [0.25, 0.3) is 11.8 Å². The highest BCUT2D eigenvalue weighted by Crippen LogP contribution is 2.27. The fourth-order valence-corrected chi connectivity index (χ4v) is 4.33. The summed E-state index contributed by atoms with van der Waals surface area (Å²) in [7, 11) is 0. The number of likely N-dealkylation sites (tertiary alicyclic amines) is 1. The van der Waals surface area contributed by atoms with Crippen LogP contribution in [0.3, 0.4) is 0 Å². The van der Waals surface area contributed by atoms with Crippen LogP contribution in [0, 0.1) is 0 Å². The third-order valence-electron chi connectivity index (χ3n) is 6.12. The van der Waals surface area contributed by atoms with E-state index in [-0.39, 0.29) is 11.8 Å². The molecule has 1 fully saturated rings. The molecule has 4 aromatic rings. The predicted octanol–water partition coefficient (Wildman–Crippen LogP) is 4.54. The van der Waals surface area contributed by atoms with Gasteiger partial charge in [0, 0.05) is 37.0 Å². The Morgan fingerprint density at radius 2 is 1.74 bits per heavy atom. The highest BCUT2D eigenvalue weighted by Gasteiger charge is 2.25. The number of rotatable bonds is 5. The summed E-state index contributed by atoms with van der Waals surface area (Å²) in [6.45, 7) is 1.52. The SMILES string of the molecule is O=C(Nc1cnn(-c2ccc(C(=O)N3CCCC(c4ccccc4)C3)cc2)c1)c1cccnc1. The van der Waals surface area contributed by atoms with Gasteiger partial charge in [-0.3, -0.25) is 14.6 Å². The van der Waals surface area contributed by atoms with Crippen LogP contribution in [0.25, 0.3) is 5.69 Å². The van der Waals surface area contributed by atoms with Crippen LogP contribution in [0.1, 0.15) is 45.0 Å². The zero-order valence-corrected chi connectivity index (χ0v) is 18.7. The van der Waals surface area contributed by atoms with Gasteiger partial charge in [-0.05, 0) is 54.8 Å². The molecule has 2 aromatic carbocycles. The molecule has 0 bridgehead atoms. The zero-order chi connectivity index (χ0) is 23.3. The number of hydrogen-bond acceptors (Lipinski definition) is 4. The Morgan fingerprint density at radius 1 is 0.912 bits per heavy atom. The summed E-state index contributed by atoms with van der Waals surface area (Å²) in [6.07, 6.45) is 8.57. The fraction of sp³-hybridized carbons (Fsp3) is 0.185. The van der Waals surface area contributed by atoms with Crippen LogP contribution in [-0.4, -0.2) is 44.6 Å². The zero-order valence-electron chi connectivity index (χ0n) is 18.7. The van der Waals surface area contributed by atoms with E-state index in [1.165, 1.54) is 11.8 Å². The molecular formula is C27H25N5O2. The summed E-state index contributed by atoms with van der Waals surface area (Å²) < 4.78 is 1.67. The summed E-state index contributed by atoms with van der Waals surface area (Å²) in [5.74, 6) is 0.184. The van der Waals surface area contributed by atoms with Crippen molar-refractivity contribution in [3.63, 3.8) is 0 Å². The number of benzene rings is 2. The second kappa shape index (κ2) is 9.70. The minimum Gasteiger partial charge on any atom is -0.338 e. The number of carbonyl (C=O) groups is 2. The third-order valence-corrected chi connectivity index (χ3v) is 6.12. The lowest BCUT2D eigenvalue weighted by atomic mass is 9.90. The van der Waals surface area contributed by atoms with Crippen molar-refractivity contribution < 1.29 is 9.59 Å². The van der Waals surface area contributed by atoms with E-state index < -0.39 is 0 Å². The summed E-state index contributed by atoms with van der Waals surface area (Å²) in [5, 5.41) is 7.15. The number of nitrogens with zero attached hydrogens (tertiary/aromatic N) is 4. The van der Waals surface area contributed by atoms with E-state index in [4.69, 9.17) is 0 Å². The predicted molar refractivity (Wildman–Crippen MR) is 130 cm³/mol. The van der Waals surface area contributed by atoms with Gasteiger partial charge in [0.05, 0.1) is 29.3 Å². The molecule has 0 radical (unpaired) electrons. The molecule has 7 nitrogen and oxygen atoms in total. The summed E-state index contributed by atoms with van der Waals surface area (Å²) in [5.41, 5.74) is 3.81. The van der Waals surface area contributed by atoms with Crippen molar-refractivity contribution in [2.24, 2.45) is 0 Å². The second-order valence-electron chi connectivity index (χ2n) is 8.42. The molecule has 1 aliphatic rings. The Bertz CT molecular complexity index is 1270. The summed E-state index contributed by atoms with van der Waals surface area (Å²) in [6, 6.07) is 21.2. The molecule has 170 valence electrons. The summed E-state index contributed by atoms with van der Waals surface area (Å²) >= 11 is 0. The van der Waals surface area contributed by atoms with Crippen molar-refractivity contribution in [1.29, 1.82) is 0 Å². The second-order valence-corrected chi connectivity index (χ2v) is 8.42. The van der Waals surface area contributed by atoms with E-state index in [0.717, 1.165) is 31.6 Å². The van der Waals surface area contributed by atoms with Crippen LogP contribution in [0.4, 0.5) is 5.69 Å². The highest BCUT2D eigenvalue weighted by molar-refractivity contribution is 6.03. The van der Waals surface area contributed by atoms with E-state index in [0.29, 0.717) is 22.7 Å². The number of pyridine rings is 1. The lowest BCUT2D eigenvalue weighted by Crippen LogP contribution is -2.39. The van der Waals surface area contributed by atoms with Crippen molar-refractivity contribution in [2.75, 3.05) is 18.4 Å². The van der Waals surface area contributed by atoms with Gasteiger partial charge in [0.2, 0.25) is 0 Å². The monoisotopic (exact) mass is 451 g/mol. The molecule has 1 saturated heterocycles. The molecule has 7 heteroatoms. The van der Waals surface area contributed by atoms with Crippen LogP contribution in [-0.2, 0) is 0 Å². The topological polar surface area (TPSA) is 80.1 Å². The molecule has 0 spiro atoms. The summed E-state index contributed by atoms with van der Waals surface area (Å²) in [4.78, 5) is 31.4. The van der Waals surface area contributed by atoms with Crippen LogP contribution < -0.4 is 5.32 Å². The van der Waals surface area contributed by atoms with Crippen molar-refractivity contribution >= 4 is 17.5 Å². The molecule has 2 amide bonds. The molecule has 0 aliphatic carbocycles. The van der Waals surface area contributed by atoms with Crippen LogP contribution in [0.5, 0.6) is 0 Å². The number of aromatic nitrogens is 3. The Hall–Kier alpha value is -4.26. The molecule has 2 aromatic heterocycles. The van der Waals surface area contributed by atoms with Crippen molar-refractivity contribution in [3.05, 3.63) is 108 Å². The van der Waals surface area contributed by atoms with E-state index in [1.54, 1.807) is 35.4 Å². The van der Waals surface area contributed by atoms with Crippen LogP contribution in [0.2, 0.25) is 0 Å². The molecule has 3 heterocycles. The average molecular weight is 452 g/mol. The van der Waals surface area contributed by atoms with Crippen LogP contribution >= 0.6 is 0 Å². The highest BCUT2D eigenvalue weighted by atomic mass is 16.2. The number of carbonyl (C=O) groups excluding carboxylic acids is 2. The first-order chi connectivity index (χ1) is 16.7. The van der Waals surface area contributed by atoms with Gasteiger partial charge in [0.1, 0.15) is 0 Å². The quantitative estimate of drug-likeness (QED) is 0.483. The van der Waals surface area contributed by atoms with Crippen molar-refractivity contribution in [1.82, 2.24) is 19.7 Å². The number of piperidine rings is 1.